The van der Waals surface area contributed by atoms with Crippen LogP contribution in [-0.2, 0) is 4.79 Å². The molecule has 0 fully saturated rings. The molecule has 0 bridgehead atoms. The molecule has 0 saturated heterocycles. The van der Waals surface area contributed by atoms with Crippen LogP contribution in [0.3, 0.4) is 0 Å². The van der Waals surface area contributed by atoms with Crippen LogP contribution in [0.1, 0.15) is 32.6 Å². The minimum atomic E-state index is -0.327. The van der Waals surface area contributed by atoms with Gasteiger partial charge in [-0.15, -0.1) is 0 Å². The van der Waals surface area contributed by atoms with Gasteiger partial charge in [0.1, 0.15) is 6.04 Å². The Morgan fingerprint density at radius 1 is 1.54 bits per heavy atom. The Hall–Kier alpha value is -1.06. The van der Waals surface area contributed by atoms with Crippen LogP contribution >= 0.6 is 0 Å². The first-order valence-electron chi connectivity index (χ1n) is 4.79. The molecular formula is C9H17N3O. The lowest BCUT2D eigenvalue weighted by Gasteiger charge is -2.12. The normalized spacial score (nSPS) is 19.9. The summed E-state index contributed by atoms with van der Waals surface area (Å²) in [6.07, 6.45) is 4.46. The molecule has 0 saturated carbocycles. The van der Waals surface area contributed by atoms with Crippen LogP contribution in [0.15, 0.2) is 4.99 Å². The van der Waals surface area contributed by atoms with Crippen molar-refractivity contribution in [3.05, 3.63) is 0 Å². The molecule has 13 heavy (non-hydrogen) atoms. The monoisotopic (exact) mass is 183 g/mol. The van der Waals surface area contributed by atoms with Gasteiger partial charge < -0.3 is 11.1 Å². The number of hydrogen-bond donors (Lipinski definition) is 2. The van der Waals surface area contributed by atoms with Gasteiger partial charge in [0.2, 0.25) is 5.91 Å². The predicted molar refractivity (Wildman–Crippen MR) is 52.6 cm³/mol. The van der Waals surface area contributed by atoms with E-state index in [-0.39, 0.29) is 11.9 Å². The first-order chi connectivity index (χ1) is 6.20. The second kappa shape index (κ2) is 4.84. The van der Waals surface area contributed by atoms with Gasteiger partial charge in [0.25, 0.3) is 0 Å². The van der Waals surface area contributed by atoms with Gasteiger partial charge in [-0.1, -0.05) is 6.42 Å². The molecule has 1 aliphatic rings. The Morgan fingerprint density at radius 3 is 3.00 bits per heavy atom. The van der Waals surface area contributed by atoms with Crippen molar-refractivity contribution in [3.8, 4) is 0 Å². The van der Waals surface area contributed by atoms with E-state index in [4.69, 9.17) is 5.73 Å². The Morgan fingerprint density at radius 2 is 2.31 bits per heavy atom. The third-order valence-electron chi connectivity index (χ3n) is 2.18. The van der Waals surface area contributed by atoms with Crippen LogP contribution in [0.4, 0.5) is 0 Å². The van der Waals surface area contributed by atoms with Crippen LogP contribution in [0.5, 0.6) is 0 Å². The van der Waals surface area contributed by atoms with Crippen molar-refractivity contribution in [3.63, 3.8) is 0 Å². The van der Waals surface area contributed by atoms with Gasteiger partial charge in [-0.05, 0) is 19.8 Å². The molecule has 4 nitrogen and oxygen atoms in total. The second-order valence-electron chi connectivity index (χ2n) is 3.41. The van der Waals surface area contributed by atoms with Gasteiger partial charge in [0, 0.05) is 13.0 Å². The van der Waals surface area contributed by atoms with Gasteiger partial charge in [-0.3, -0.25) is 9.79 Å². The highest BCUT2D eigenvalue weighted by Crippen LogP contribution is 2.06. The zero-order valence-corrected chi connectivity index (χ0v) is 8.05. The van der Waals surface area contributed by atoms with E-state index in [1.54, 1.807) is 6.92 Å². The molecule has 0 aromatic heterocycles. The van der Waals surface area contributed by atoms with Crippen molar-refractivity contribution >= 4 is 11.7 Å². The number of nitrogens with two attached hydrogens (primary N) is 1. The van der Waals surface area contributed by atoms with Crippen LogP contribution in [0.25, 0.3) is 0 Å². The number of amides is 1. The summed E-state index contributed by atoms with van der Waals surface area (Å²) >= 11 is 0. The third kappa shape index (κ3) is 3.44. The van der Waals surface area contributed by atoms with Gasteiger partial charge in [-0.25, -0.2) is 0 Å². The number of nitrogens with one attached hydrogen (secondary N) is 1. The van der Waals surface area contributed by atoms with Gasteiger partial charge in [0.15, 0.2) is 0 Å². The maximum absolute atomic E-state index is 10.8. The molecular weight excluding hydrogens is 166 g/mol. The van der Waals surface area contributed by atoms with Gasteiger partial charge in [-0.2, -0.15) is 0 Å². The average molecular weight is 183 g/mol. The van der Waals surface area contributed by atoms with Crippen molar-refractivity contribution in [2.45, 2.75) is 38.6 Å². The lowest BCUT2D eigenvalue weighted by molar-refractivity contribution is -0.119. The summed E-state index contributed by atoms with van der Waals surface area (Å²) in [5, 5.41) is 3.03. The summed E-state index contributed by atoms with van der Waals surface area (Å²) in [5.74, 6) is 0.607. The number of hydrogen-bond acceptors (Lipinski definition) is 3. The van der Waals surface area contributed by atoms with Crippen molar-refractivity contribution in [2.24, 2.45) is 10.7 Å². The summed E-state index contributed by atoms with van der Waals surface area (Å²) < 4.78 is 0. The van der Waals surface area contributed by atoms with E-state index in [0.29, 0.717) is 0 Å². The highest BCUT2D eigenvalue weighted by atomic mass is 16.1. The number of amidine groups is 1. The number of carbonyl (C=O) groups excluding carboxylic acids is 1. The van der Waals surface area contributed by atoms with E-state index in [1.807, 2.05) is 0 Å². The molecule has 0 radical (unpaired) electrons. The van der Waals surface area contributed by atoms with Crippen molar-refractivity contribution in [1.29, 1.82) is 0 Å². The molecule has 0 spiro atoms. The Bertz CT molecular complexity index is 213. The third-order valence-corrected chi connectivity index (χ3v) is 2.18. The number of aliphatic imine (C=N–C) groups is 1. The van der Waals surface area contributed by atoms with E-state index in [2.05, 4.69) is 10.3 Å². The Balaban J connectivity index is 2.42. The summed E-state index contributed by atoms with van der Waals surface area (Å²) in [4.78, 5) is 15.1. The minimum absolute atomic E-state index is 0.308. The number of nitrogens with zero attached hydrogens (tertiary/aromatic N) is 1. The van der Waals surface area contributed by atoms with Crippen LogP contribution in [0, 0.1) is 0 Å². The highest BCUT2D eigenvalue weighted by molar-refractivity contribution is 5.89. The van der Waals surface area contributed by atoms with E-state index in [0.717, 1.165) is 31.6 Å². The standard InChI is InChI=1S/C9H17N3O/c1-7(9(10)13)12-8-5-3-2-4-6-11-8/h7H,2-6H2,1H3,(H2,10,13)(H,11,12). The highest BCUT2D eigenvalue weighted by Gasteiger charge is 2.11. The van der Waals surface area contributed by atoms with Crippen LogP contribution < -0.4 is 11.1 Å². The van der Waals surface area contributed by atoms with E-state index < -0.39 is 0 Å². The predicted octanol–water partition coefficient (Wildman–Crippen LogP) is 0.422. The van der Waals surface area contributed by atoms with Crippen molar-refractivity contribution < 1.29 is 4.79 Å². The van der Waals surface area contributed by atoms with Gasteiger partial charge in [0.05, 0.1) is 5.84 Å². The molecule has 1 atom stereocenters. The SMILES string of the molecule is CC(NC1=NCCCCC1)C(N)=O. The molecule has 1 rings (SSSR count). The topological polar surface area (TPSA) is 67.5 Å². The Labute approximate surface area is 78.6 Å². The minimum Gasteiger partial charge on any atom is -0.368 e. The van der Waals surface area contributed by atoms with Crippen molar-refractivity contribution in [2.75, 3.05) is 6.54 Å². The van der Waals surface area contributed by atoms with Crippen LogP contribution in [0.2, 0.25) is 0 Å². The largest absolute Gasteiger partial charge is 0.368 e. The van der Waals surface area contributed by atoms with E-state index in [1.165, 1.54) is 6.42 Å². The molecule has 0 aliphatic carbocycles. The maximum atomic E-state index is 10.8. The lowest BCUT2D eigenvalue weighted by atomic mass is 10.2. The average Bonchev–Trinajstić information content (AvgIpc) is 2.32. The maximum Gasteiger partial charge on any atom is 0.239 e. The fraction of sp³-hybridized carbons (Fsp3) is 0.778. The summed E-state index contributed by atoms with van der Waals surface area (Å²) in [7, 11) is 0. The lowest BCUT2D eigenvalue weighted by Crippen LogP contribution is -2.42. The molecule has 74 valence electrons. The van der Waals surface area contributed by atoms with E-state index in [9.17, 15) is 4.79 Å². The molecule has 1 unspecified atom stereocenters. The molecule has 4 heteroatoms. The quantitative estimate of drug-likeness (QED) is 0.651. The molecule has 1 aliphatic heterocycles. The fourth-order valence-corrected chi connectivity index (χ4v) is 1.31. The smallest absolute Gasteiger partial charge is 0.239 e. The molecule has 3 N–H and O–H groups in total. The zero-order valence-electron chi connectivity index (χ0n) is 8.05. The van der Waals surface area contributed by atoms with Crippen LogP contribution in [-0.4, -0.2) is 24.3 Å². The second-order valence-corrected chi connectivity index (χ2v) is 3.41. The summed E-state index contributed by atoms with van der Waals surface area (Å²) in [6.45, 7) is 2.63. The molecule has 1 heterocycles. The number of rotatable bonds is 2. The first-order valence-corrected chi connectivity index (χ1v) is 4.79. The molecule has 0 aromatic carbocycles. The zero-order chi connectivity index (χ0) is 9.68. The number of carbonyl (C=O) groups is 1. The molecule has 1 amide bonds. The fourth-order valence-electron chi connectivity index (χ4n) is 1.31. The summed E-state index contributed by atoms with van der Waals surface area (Å²) in [5.41, 5.74) is 5.14. The molecule has 0 aromatic rings. The van der Waals surface area contributed by atoms with Crippen molar-refractivity contribution in [1.82, 2.24) is 5.32 Å². The van der Waals surface area contributed by atoms with Gasteiger partial charge >= 0.3 is 0 Å². The summed E-state index contributed by atoms with van der Waals surface area (Å²) in [6, 6.07) is -0.308. The first kappa shape index (κ1) is 10.0. The number of primary amides is 1. The van der Waals surface area contributed by atoms with E-state index >= 15 is 0 Å². The Kier molecular flexibility index (Phi) is 3.73.